The van der Waals surface area contributed by atoms with Crippen LogP contribution >= 0.6 is 0 Å². The lowest BCUT2D eigenvalue weighted by Gasteiger charge is -2.47. The molecule has 0 amide bonds. The second-order valence-corrected chi connectivity index (χ2v) is 19.0. The van der Waals surface area contributed by atoms with Crippen LogP contribution in [-0.4, -0.2) is 0 Å². The Morgan fingerprint density at radius 2 is 0.545 bits per heavy atom. The van der Waals surface area contributed by atoms with Gasteiger partial charge in [0.05, 0.1) is 10.8 Å². The summed E-state index contributed by atoms with van der Waals surface area (Å²) in [6.45, 7) is 0. The Balaban J connectivity index is 1.15. The van der Waals surface area contributed by atoms with Crippen LogP contribution in [-0.2, 0) is 10.8 Å². The summed E-state index contributed by atoms with van der Waals surface area (Å²) in [7, 11) is 0. The van der Waals surface area contributed by atoms with E-state index in [0.29, 0.717) is 0 Å². The maximum atomic E-state index is 2.60. The predicted molar refractivity (Wildman–Crippen MR) is 274 cm³/mol. The second kappa shape index (κ2) is 12.3. The lowest BCUT2D eigenvalue weighted by Crippen LogP contribution is -2.37. The lowest BCUT2D eigenvalue weighted by atomic mass is 9.54. The molecule has 66 heavy (non-hydrogen) atoms. The maximum Gasteiger partial charge on any atom is 0.0726 e. The van der Waals surface area contributed by atoms with Crippen LogP contribution in [0, 0.1) is 0 Å². The summed E-state index contributed by atoms with van der Waals surface area (Å²) in [4.78, 5) is 0. The first-order chi connectivity index (χ1) is 32.7. The van der Waals surface area contributed by atoms with E-state index in [2.05, 4.69) is 231 Å². The summed E-state index contributed by atoms with van der Waals surface area (Å²) in [5, 5.41) is 10.4. The van der Waals surface area contributed by atoms with Gasteiger partial charge >= 0.3 is 0 Å². The summed E-state index contributed by atoms with van der Waals surface area (Å²) in [6.07, 6.45) is 0. The van der Waals surface area contributed by atoms with Crippen molar-refractivity contribution in [1.82, 2.24) is 0 Å². The van der Waals surface area contributed by atoms with Crippen LogP contribution < -0.4 is 0 Å². The van der Waals surface area contributed by atoms with E-state index in [1.54, 1.807) is 0 Å². The molecule has 16 rings (SSSR count). The molecule has 4 aliphatic rings. The molecular formula is C66H38. The normalized spacial score (nSPS) is 14.6. The third-order valence-corrected chi connectivity index (χ3v) is 16.2. The molecule has 0 heterocycles. The molecule has 0 bridgehead atoms. The van der Waals surface area contributed by atoms with Crippen molar-refractivity contribution >= 4 is 43.1 Å². The van der Waals surface area contributed by atoms with Crippen molar-refractivity contribution in [1.29, 1.82) is 0 Å². The SMILES string of the molecule is c1ccc2c(c1)-c1ccccc1C21c2ccc3cc(-c4cccc5ccccc45)cc4c3c2-c2c(ccc3cc(-c5cccc6ccccc56)cc1c23)C41c2ccccc2-c2ccccc21. The molecule has 0 aliphatic heterocycles. The van der Waals surface area contributed by atoms with Gasteiger partial charge in [0.2, 0.25) is 0 Å². The summed E-state index contributed by atoms with van der Waals surface area (Å²) >= 11 is 0. The summed E-state index contributed by atoms with van der Waals surface area (Å²) in [5.41, 5.74) is 22.9. The third-order valence-electron chi connectivity index (χ3n) is 16.2. The van der Waals surface area contributed by atoms with Gasteiger partial charge in [-0.2, -0.15) is 0 Å². The number of hydrogen-bond acceptors (Lipinski definition) is 0. The standard InChI is InChI=1S/C66H38/c1-3-19-45-39(15-1)17-13-25-47(45)43-35-41-31-33-58-63-61(41)59(37-43)65(53-27-9-5-21-49(53)50-22-6-10-28-54(50)65)57-34-32-42-36-44(48-26-14-18-40-16-2-4-20-46(40)48)38-60(62(42)64(57)63)66(58)55-29-11-7-23-51(55)52-24-8-12-30-56(52)66/h1-38H. The molecule has 0 saturated carbocycles. The zero-order valence-corrected chi connectivity index (χ0v) is 35.9. The van der Waals surface area contributed by atoms with Crippen molar-refractivity contribution in [3.63, 3.8) is 0 Å². The average Bonchev–Trinajstić information content (AvgIpc) is 3.84. The van der Waals surface area contributed by atoms with E-state index < -0.39 is 10.8 Å². The van der Waals surface area contributed by atoms with Gasteiger partial charge in [-0.3, -0.25) is 0 Å². The minimum Gasteiger partial charge on any atom is -0.0619 e. The van der Waals surface area contributed by atoms with Crippen molar-refractivity contribution in [3.05, 3.63) is 275 Å². The Morgan fingerprint density at radius 1 is 0.212 bits per heavy atom. The summed E-state index contributed by atoms with van der Waals surface area (Å²) in [5.74, 6) is 0. The van der Waals surface area contributed by atoms with Crippen LogP contribution in [0.4, 0.5) is 0 Å². The molecule has 4 aliphatic carbocycles. The van der Waals surface area contributed by atoms with Gasteiger partial charge in [0, 0.05) is 0 Å². The molecule has 0 fully saturated rings. The van der Waals surface area contributed by atoms with E-state index in [0.717, 1.165) is 0 Å². The van der Waals surface area contributed by atoms with Crippen molar-refractivity contribution in [2.75, 3.05) is 0 Å². The molecule has 0 saturated heterocycles. The van der Waals surface area contributed by atoms with Crippen molar-refractivity contribution < 1.29 is 0 Å². The van der Waals surface area contributed by atoms with E-state index in [4.69, 9.17) is 0 Å². The zero-order valence-electron chi connectivity index (χ0n) is 35.9. The highest BCUT2D eigenvalue weighted by Gasteiger charge is 2.56. The smallest absolute Gasteiger partial charge is 0.0619 e. The summed E-state index contributed by atoms with van der Waals surface area (Å²) in [6, 6.07) is 88.6. The van der Waals surface area contributed by atoms with Gasteiger partial charge in [0.25, 0.3) is 0 Å². The minimum atomic E-state index is -0.567. The zero-order chi connectivity index (χ0) is 42.9. The van der Waals surface area contributed by atoms with E-state index in [1.807, 2.05) is 0 Å². The van der Waals surface area contributed by atoms with Gasteiger partial charge in [-0.05, 0) is 167 Å². The van der Waals surface area contributed by atoms with Gasteiger partial charge in [-0.1, -0.05) is 206 Å². The van der Waals surface area contributed by atoms with Gasteiger partial charge in [-0.15, -0.1) is 0 Å². The number of rotatable bonds is 2. The van der Waals surface area contributed by atoms with Crippen molar-refractivity contribution in [3.8, 4) is 55.6 Å². The second-order valence-electron chi connectivity index (χ2n) is 19.0. The molecular weight excluding hydrogens is 793 g/mol. The van der Waals surface area contributed by atoms with Crippen LogP contribution in [0.3, 0.4) is 0 Å². The van der Waals surface area contributed by atoms with E-state index in [1.165, 1.54) is 143 Å². The molecule has 0 radical (unpaired) electrons. The Kier molecular flexibility index (Phi) is 6.52. The fraction of sp³-hybridized carbons (Fsp3) is 0.0303. The molecule has 0 N–H and O–H groups in total. The first-order valence-corrected chi connectivity index (χ1v) is 23.3. The van der Waals surface area contributed by atoms with Crippen LogP contribution in [0.5, 0.6) is 0 Å². The molecule has 0 aromatic heterocycles. The highest BCUT2D eigenvalue weighted by atomic mass is 14.6. The molecule has 302 valence electrons. The van der Waals surface area contributed by atoms with Crippen LogP contribution in [0.2, 0.25) is 0 Å². The molecule has 12 aromatic rings. The first kappa shape index (κ1) is 35.1. The fourth-order valence-electron chi connectivity index (χ4n) is 13.9. The number of hydrogen-bond donors (Lipinski definition) is 0. The minimum absolute atomic E-state index is 0.567. The van der Waals surface area contributed by atoms with Gasteiger partial charge in [0.15, 0.2) is 0 Å². The topological polar surface area (TPSA) is 0 Å². The molecule has 0 atom stereocenters. The number of benzene rings is 12. The Morgan fingerprint density at radius 3 is 0.955 bits per heavy atom. The number of fused-ring (bicyclic) bond motifs is 16. The quantitative estimate of drug-likeness (QED) is 0.163. The average molecular weight is 831 g/mol. The fourth-order valence-corrected chi connectivity index (χ4v) is 13.9. The molecule has 0 unspecified atom stereocenters. The van der Waals surface area contributed by atoms with Crippen LogP contribution in [0.1, 0.15) is 44.5 Å². The first-order valence-electron chi connectivity index (χ1n) is 23.3. The summed E-state index contributed by atoms with van der Waals surface area (Å²) < 4.78 is 0. The highest BCUT2D eigenvalue weighted by molar-refractivity contribution is 6.20. The monoisotopic (exact) mass is 830 g/mol. The van der Waals surface area contributed by atoms with Crippen LogP contribution in [0.25, 0.3) is 98.7 Å². The molecule has 0 heteroatoms. The van der Waals surface area contributed by atoms with Crippen molar-refractivity contribution in [2.45, 2.75) is 10.8 Å². The van der Waals surface area contributed by atoms with E-state index in [9.17, 15) is 0 Å². The predicted octanol–water partition coefficient (Wildman–Crippen LogP) is 16.7. The molecule has 12 aromatic carbocycles. The van der Waals surface area contributed by atoms with Crippen LogP contribution in [0.15, 0.2) is 231 Å². The largest absolute Gasteiger partial charge is 0.0726 e. The van der Waals surface area contributed by atoms with Gasteiger partial charge < -0.3 is 0 Å². The van der Waals surface area contributed by atoms with E-state index >= 15 is 0 Å². The van der Waals surface area contributed by atoms with Crippen molar-refractivity contribution in [2.24, 2.45) is 0 Å². The Hall–Kier alpha value is -8.32. The van der Waals surface area contributed by atoms with E-state index in [-0.39, 0.29) is 0 Å². The highest BCUT2D eigenvalue weighted by Crippen LogP contribution is 2.69. The Bertz CT molecular complexity index is 3810. The molecule has 0 nitrogen and oxygen atoms in total. The third kappa shape index (κ3) is 4.01. The Labute approximate surface area is 382 Å². The maximum absolute atomic E-state index is 2.60. The van der Waals surface area contributed by atoms with Gasteiger partial charge in [0.1, 0.15) is 0 Å². The lowest BCUT2D eigenvalue weighted by molar-refractivity contribution is 0.751. The van der Waals surface area contributed by atoms with Gasteiger partial charge in [-0.25, -0.2) is 0 Å². The molecule has 2 spiro atoms.